The molecule has 1 aliphatic rings. The Balaban J connectivity index is 2.05. The summed E-state index contributed by atoms with van der Waals surface area (Å²) in [6.07, 6.45) is 0.329. The molecule has 0 spiro atoms. The number of hydrogen-bond acceptors (Lipinski definition) is 2. The van der Waals surface area contributed by atoms with Crippen molar-refractivity contribution in [2.75, 3.05) is 0 Å². The number of carbonyl (C=O) groups is 2. The molecule has 1 aliphatic carbocycles. The number of halogens is 2. The number of rotatable bonds is 4. The van der Waals surface area contributed by atoms with Crippen LogP contribution in [-0.2, 0) is 9.59 Å². The van der Waals surface area contributed by atoms with Crippen molar-refractivity contribution in [1.29, 1.82) is 0 Å². The minimum absolute atomic E-state index is 0.0920. The fourth-order valence-corrected chi connectivity index (χ4v) is 2.05. The maximum atomic E-state index is 13.5. The Labute approximate surface area is 108 Å². The molecule has 2 rings (SSSR count). The van der Waals surface area contributed by atoms with E-state index in [2.05, 4.69) is 5.32 Å². The van der Waals surface area contributed by atoms with E-state index in [1.807, 2.05) is 0 Å². The maximum absolute atomic E-state index is 13.5. The highest BCUT2D eigenvalue weighted by Gasteiger charge is 2.47. The number of benzene rings is 1. The lowest BCUT2D eigenvalue weighted by Crippen LogP contribution is -2.39. The van der Waals surface area contributed by atoms with Crippen molar-refractivity contribution in [3.63, 3.8) is 0 Å². The van der Waals surface area contributed by atoms with Crippen LogP contribution in [-0.4, -0.2) is 23.0 Å². The molecule has 2 unspecified atom stereocenters. The van der Waals surface area contributed by atoms with Crippen LogP contribution in [0.15, 0.2) is 18.2 Å². The zero-order chi connectivity index (χ0) is 14.2. The molecule has 0 bridgehead atoms. The number of carboxylic acids is 1. The molecular weight excluding hydrogens is 256 g/mol. The summed E-state index contributed by atoms with van der Waals surface area (Å²) in [6, 6.07) is 2.54. The number of nitrogens with one attached hydrogen (secondary N) is 1. The van der Waals surface area contributed by atoms with Crippen LogP contribution >= 0.6 is 0 Å². The highest BCUT2D eigenvalue weighted by molar-refractivity contribution is 5.87. The van der Waals surface area contributed by atoms with Gasteiger partial charge in [0.1, 0.15) is 17.7 Å². The predicted molar refractivity (Wildman–Crippen MR) is 62.4 cm³/mol. The zero-order valence-electron chi connectivity index (χ0n) is 10.2. The van der Waals surface area contributed by atoms with E-state index in [1.165, 1.54) is 13.0 Å². The van der Waals surface area contributed by atoms with Gasteiger partial charge in [-0.3, -0.25) is 9.59 Å². The summed E-state index contributed by atoms with van der Waals surface area (Å²) in [6.45, 7) is 1.33. The second-order valence-electron chi connectivity index (χ2n) is 4.65. The SMILES string of the molecule is C[C@H](NC(=O)C1CC1c1c(F)cccc1F)C(=O)O. The van der Waals surface area contributed by atoms with E-state index >= 15 is 0 Å². The van der Waals surface area contributed by atoms with Crippen LogP contribution in [0.3, 0.4) is 0 Å². The van der Waals surface area contributed by atoms with Gasteiger partial charge in [0, 0.05) is 17.4 Å². The summed E-state index contributed by atoms with van der Waals surface area (Å²) in [5.74, 6) is -4.06. The third-order valence-corrected chi connectivity index (χ3v) is 3.23. The Morgan fingerprint density at radius 1 is 1.37 bits per heavy atom. The van der Waals surface area contributed by atoms with Crippen molar-refractivity contribution in [2.24, 2.45) is 5.92 Å². The summed E-state index contributed by atoms with van der Waals surface area (Å²) in [4.78, 5) is 22.3. The van der Waals surface area contributed by atoms with Gasteiger partial charge in [-0.25, -0.2) is 8.78 Å². The number of aliphatic carboxylic acids is 1. The lowest BCUT2D eigenvalue weighted by Gasteiger charge is -2.09. The normalized spacial score (nSPS) is 22.7. The first-order chi connectivity index (χ1) is 8.91. The second kappa shape index (κ2) is 4.95. The zero-order valence-corrected chi connectivity index (χ0v) is 10.2. The predicted octanol–water partition coefficient (Wildman–Crippen LogP) is 1.66. The fourth-order valence-electron chi connectivity index (χ4n) is 2.05. The van der Waals surface area contributed by atoms with Crippen molar-refractivity contribution < 1.29 is 23.5 Å². The minimum Gasteiger partial charge on any atom is -0.480 e. The van der Waals surface area contributed by atoms with Crippen molar-refractivity contribution in [3.05, 3.63) is 35.4 Å². The summed E-state index contributed by atoms with van der Waals surface area (Å²) < 4.78 is 27.0. The van der Waals surface area contributed by atoms with Crippen molar-refractivity contribution >= 4 is 11.9 Å². The monoisotopic (exact) mass is 269 g/mol. The van der Waals surface area contributed by atoms with Crippen LogP contribution in [0.5, 0.6) is 0 Å². The van der Waals surface area contributed by atoms with Gasteiger partial charge in [0.2, 0.25) is 5.91 Å². The van der Waals surface area contributed by atoms with Gasteiger partial charge in [-0.2, -0.15) is 0 Å². The first kappa shape index (κ1) is 13.5. The third-order valence-electron chi connectivity index (χ3n) is 3.23. The maximum Gasteiger partial charge on any atom is 0.325 e. The number of hydrogen-bond donors (Lipinski definition) is 2. The van der Waals surface area contributed by atoms with Crippen molar-refractivity contribution in [2.45, 2.75) is 25.3 Å². The van der Waals surface area contributed by atoms with E-state index < -0.39 is 41.4 Å². The minimum atomic E-state index is -1.15. The van der Waals surface area contributed by atoms with E-state index in [0.29, 0.717) is 6.42 Å². The van der Waals surface area contributed by atoms with Gasteiger partial charge in [0.15, 0.2) is 0 Å². The Morgan fingerprint density at radius 3 is 2.47 bits per heavy atom. The Morgan fingerprint density at radius 2 is 1.95 bits per heavy atom. The Hall–Kier alpha value is -1.98. The molecule has 19 heavy (non-hydrogen) atoms. The molecule has 0 aromatic heterocycles. The quantitative estimate of drug-likeness (QED) is 0.873. The lowest BCUT2D eigenvalue weighted by atomic mass is 10.1. The fraction of sp³-hybridized carbons (Fsp3) is 0.385. The van der Waals surface area contributed by atoms with E-state index in [0.717, 1.165) is 12.1 Å². The molecule has 0 heterocycles. The second-order valence-corrected chi connectivity index (χ2v) is 4.65. The van der Waals surface area contributed by atoms with E-state index in [1.54, 1.807) is 0 Å². The van der Waals surface area contributed by atoms with E-state index in [9.17, 15) is 18.4 Å². The van der Waals surface area contributed by atoms with Crippen LogP contribution in [0.1, 0.15) is 24.8 Å². The molecule has 0 radical (unpaired) electrons. The van der Waals surface area contributed by atoms with Gasteiger partial charge in [-0.15, -0.1) is 0 Å². The van der Waals surface area contributed by atoms with Gasteiger partial charge in [0.05, 0.1) is 0 Å². The summed E-state index contributed by atoms with van der Waals surface area (Å²) in [5, 5.41) is 11.0. The molecule has 3 atom stereocenters. The molecule has 0 aliphatic heterocycles. The smallest absolute Gasteiger partial charge is 0.325 e. The van der Waals surface area contributed by atoms with Gasteiger partial charge >= 0.3 is 5.97 Å². The Bertz CT molecular complexity index is 512. The average molecular weight is 269 g/mol. The largest absolute Gasteiger partial charge is 0.480 e. The molecule has 4 nitrogen and oxygen atoms in total. The standard InChI is InChI=1S/C13H13F2NO3/c1-6(13(18)19)16-12(17)8-5-7(8)11-9(14)3-2-4-10(11)15/h2-4,6-8H,5H2,1H3,(H,16,17)(H,18,19)/t6-,7?,8?/m0/s1. The summed E-state index contributed by atoms with van der Waals surface area (Å²) in [5.41, 5.74) is -0.0920. The van der Waals surface area contributed by atoms with Crippen LogP contribution in [0.2, 0.25) is 0 Å². The number of carbonyl (C=O) groups excluding carboxylic acids is 1. The topological polar surface area (TPSA) is 66.4 Å². The first-order valence-electron chi connectivity index (χ1n) is 5.89. The molecule has 1 saturated carbocycles. The highest BCUT2D eigenvalue weighted by Crippen LogP contribution is 2.49. The molecule has 102 valence electrons. The molecule has 1 amide bonds. The lowest BCUT2D eigenvalue weighted by molar-refractivity contribution is -0.141. The van der Waals surface area contributed by atoms with Gasteiger partial charge in [0.25, 0.3) is 0 Å². The van der Waals surface area contributed by atoms with Crippen molar-refractivity contribution in [1.82, 2.24) is 5.32 Å². The van der Waals surface area contributed by atoms with E-state index in [-0.39, 0.29) is 5.56 Å². The van der Waals surface area contributed by atoms with Crippen LogP contribution < -0.4 is 5.32 Å². The Kier molecular flexibility index (Phi) is 3.50. The molecule has 1 aromatic rings. The van der Waals surface area contributed by atoms with Crippen LogP contribution in [0, 0.1) is 17.6 Å². The molecule has 6 heteroatoms. The van der Waals surface area contributed by atoms with Gasteiger partial charge in [-0.1, -0.05) is 6.07 Å². The molecule has 0 saturated heterocycles. The van der Waals surface area contributed by atoms with Crippen LogP contribution in [0.25, 0.3) is 0 Å². The average Bonchev–Trinajstić information content (AvgIpc) is 3.08. The first-order valence-corrected chi connectivity index (χ1v) is 5.89. The molecular formula is C13H13F2NO3. The number of amides is 1. The molecule has 1 fully saturated rings. The van der Waals surface area contributed by atoms with Crippen molar-refractivity contribution in [3.8, 4) is 0 Å². The third kappa shape index (κ3) is 2.72. The molecule has 2 N–H and O–H groups in total. The summed E-state index contributed by atoms with van der Waals surface area (Å²) in [7, 11) is 0. The summed E-state index contributed by atoms with van der Waals surface area (Å²) >= 11 is 0. The van der Waals surface area contributed by atoms with Crippen LogP contribution in [0.4, 0.5) is 8.78 Å². The van der Waals surface area contributed by atoms with Gasteiger partial charge in [-0.05, 0) is 25.5 Å². The van der Waals surface area contributed by atoms with E-state index in [4.69, 9.17) is 5.11 Å². The van der Waals surface area contributed by atoms with Gasteiger partial charge < -0.3 is 10.4 Å². The number of carboxylic acid groups (broad SMARTS) is 1. The molecule has 1 aromatic carbocycles. The highest BCUT2D eigenvalue weighted by atomic mass is 19.1.